The van der Waals surface area contributed by atoms with Crippen molar-refractivity contribution in [3.8, 4) is 0 Å². The molecule has 0 aromatic heterocycles. The zero-order valence-corrected chi connectivity index (χ0v) is 23.2. The third-order valence-electron chi connectivity index (χ3n) is 6.84. The first kappa shape index (κ1) is 25.7. The van der Waals surface area contributed by atoms with Crippen molar-refractivity contribution in [2.45, 2.75) is 24.5 Å². The van der Waals surface area contributed by atoms with Gasteiger partial charge in [-0.1, -0.05) is 92.9 Å². The first-order valence-corrected chi connectivity index (χ1v) is 13.6. The van der Waals surface area contributed by atoms with Gasteiger partial charge in [0.05, 0.1) is 27.5 Å². The lowest BCUT2D eigenvalue weighted by Gasteiger charge is -2.25. The van der Waals surface area contributed by atoms with E-state index in [1.165, 1.54) is 10.0 Å². The topological polar surface area (TPSA) is 98.0 Å². The average molecular weight is 626 g/mol. The maximum Gasteiger partial charge on any atom is 0.264 e. The summed E-state index contributed by atoms with van der Waals surface area (Å²) in [5, 5.41) is 15.7. The molecule has 0 bridgehead atoms. The smallest absolute Gasteiger partial charge is 0.264 e. The number of nitrogens with zero attached hydrogens (tertiary/aromatic N) is 6. The maximum absolute atomic E-state index is 13.7. The van der Waals surface area contributed by atoms with Gasteiger partial charge >= 0.3 is 0 Å². The molecule has 39 heavy (non-hydrogen) atoms. The predicted octanol–water partition coefficient (Wildman–Crippen LogP) is 5.43. The summed E-state index contributed by atoms with van der Waals surface area (Å²) >= 11 is 16.0. The van der Waals surface area contributed by atoms with Crippen LogP contribution < -0.4 is 4.90 Å². The van der Waals surface area contributed by atoms with Gasteiger partial charge in [-0.15, -0.1) is 0 Å². The van der Waals surface area contributed by atoms with E-state index >= 15 is 0 Å². The van der Waals surface area contributed by atoms with E-state index in [1.807, 2.05) is 54.6 Å². The molecule has 9 nitrogen and oxygen atoms in total. The van der Waals surface area contributed by atoms with Crippen molar-refractivity contribution in [3.05, 3.63) is 98.4 Å². The van der Waals surface area contributed by atoms with Crippen LogP contribution in [0.25, 0.3) is 0 Å². The molecule has 0 aliphatic carbocycles. The minimum atomic E-state index is -1.09. The number of para-hydroxylation sites is 1. The molecule has 0 spiro atoms. The Morgan fingerprint density at radius 3 is 2.31 bits per heavy atom. The highest BCUT2D eigenvalue weighted by molar-refractivity contribution is 9.10. The molecule has 3 atom stereocenters. The highest BCUT2D eigenvalue weighted by Gasteiger charge is 2.56. The Hall–Kier alpha value is -3.60. The Bertz CT molecular complexity index is 1530. The highest BCUT2D eigenvalue weighted by Crippen LogP contribution is 2.40. The average Bonchev–Trinajstić information content (AvgIpc) is 3.62. The molecule has 0 N–H and O–H groups in total. The molecule has 6 rings (SSSR count). The number of rotatable bonds is 5. The summed E-state index contributed by atoms with van der Waals surface area (Å²) in [6, 6.07) is 19.5. The number of hydrazone groups is 1. The molecule has 3 aromatic rings. The molecule has 3 aromatic carbocycles. The Morgan fingerprint density at radius 2 is 1.62 bits per heavy atom. The van der Waals surface area contributed by atoms with E-state index in [1.54, 1.807) is 18.2 Å². The van der Waals surface area contributed by atoms with Gasteiger partial charge < -0.3 is 0 Å². The second kappa shape index (κ2) is 10.2. The SMILES string of the molecule is O=C1[C@H]2N=NN(CC(=O)N3N=C(c4ccc(Br)cc4)C[C@@H]3c3ccccc3)[C@@H]2C(=O)N1c1c(Cl)cccc1Cl. The van der Waals surface area contributed by atoms with Gasteiger partial charge in [0.25, 0.3) is 17.7 Å². The van der Waals surface area contributed by atoms with Crippen LogP contribution in [0.15, 0.2) is 92.7 Å². The Balaban J connectivity index is 1.27. The quantitative estimate of drug-likeness (QED) is 0.353. The van der Waals surface area contributed by atoms with E-state index in [4.69, 9.17) is 23.2 Å². The van der Waals surface area contributed by atoms with Crippen LogP contribution in [0.1, 0.15) is 23.6 Å². The maximum atomic E-state index is 13.7. The van der Waals surface area contributed by atoms with Gasteiger partial charge in [0, 0.05) is 10.9 Å². The number of amides is 3. The molecule has 1 fully saturated rings. The number of imide groups is 1. The van der Waals surface area contributed by atoms with Gasteiger partial charge in [-0.2, -0.15) is 10.2 Å². The highest BCUT2D eigenvalue weighted by atomic mass is 79.9. The monoisotopic (exact) mass is 624 g/mol. The van der Waals surface area contributed by atoms with Crippen molar-refractivity contribution < 1.29 is 14.4 Å². The van der Waals surface area contributed by atoms with Gasteiger partial charge in [-0.3, -0.25) is 19.4 Å². The molecule has 3 aliphatic rings. The van der Waals surface area contributed by atoms with E-state index in [-0.39, 0.29) is 34.2 Å². The second-order valence-electron chi connectivity index (χ2n) is 9.20. The zero-order chi connectivity index (χ0) is 27.3. The molecule has 1 saturated heterocycles. The summed E-state index contributed by atoms with van der Waals surface area (Å²) in [6.45, 7) is -0.297. The number of halogens is 3. The first-order chi connectivity index (χ1) is 18.8. The molecule has 3 aliphatic heterocycles. The summed E-state index contributed by atoms with van der Waals surface area (Å²) in [4.78, 5) is 41.2. The molecule has 0 radical (unpaired) electrons. The van der Waals surface area contributed by atoms with Crippen LogP contribution in [0, 0.1) is 0 Å². The van der Waals surface area contributed by atoms with E-state index < -0.39 is 23.9 Å². The van der Waals surface area contributed by atoms with Crippen LogP contribution in [-0.4, -0.2) is 52.1 Å². The van der Waals surface area contributed by atoms with Crippen LogP contribution >= 0.6 is 39.1 Å². The number of fused-ring (bicyclic) bond motifs is 1. The minimum absolute atomic E-state index is 0.0964. The lowest BCUT2D eigenvalue weighted by atomic mass is 9.98. The van der Waals surface area contributed by atoms with Crippen LogP contribution in [0.5, 0.6) is 0 Å². The predicted molar refractivity (Wildman–Crippen MR) is 149 cm³/mol. The lowest BCUT2D eigenvalue weighted by molar-refractivity contribution is -0.135. The molecule has 3 amide bonds. The van der Waals surface area contributed by atoms with Crippen molar-refractivity contribution in [3.63, 3.8) is 0 Å². The van der Waals surface area contributed by atoms with Crippen molar-refractivity contribution in [1.82, 2.24) is 10.0 Å². The van der Waals surface area contributed by atoms with E-state index in [2.05, 4.69) is 31.4 Å². The fourth-order valence-electron chi connectivity index (χ4n) is 4.98. The van der Waals surface area contributed by atoms with Crippen molar-refractivity contribution in [1.29, 1.82) is 0 Å². The Labute approximate surface area is 241 Å². The summed E-state index contributed by atoms with van der Waals surface area (Å²) in [5.41, 5.74) is 2.69. The van der Waals surface area contributed by atoms with Crippen LogP contribution in [-0.2, 0) is 14.4 Å². The minimum Gasteiger partial charge on any atom is -0.271 e. The van der Waals surface area contributed by atoms with Crippen molar-refractivity contribution >= 4 is 68.3 Å². The molecule has 3 heterocycles. The standard InChI is InChI=1S/C27H19BrCl2N6O3/c28-17-11-9-15(10-12-17)20-13-21(16-5-2-1-3-6-16)36(32-20)22(37)14-34-25-23(31-33-34)26(38)35(27(25)39)24-18(29)7-4-8-19(24)30/h1-12,21,23,25H,13-14H2/t21-,23+,25+/m1/s1. The molecule has 196 valence electrons. The van der Waals surface area contributed by atoms with Gasteiger partial charge in [0.2, 0.25) is 0 Å². The third-order valence-corrected chi connectivity index (χ3v) is 7.98. The number of hydrogen-bond acceptors (Lipinski definition) is 7. The summed E-state index contributed by atoms with van der Waals surface area (Å²) in [6.07, 6.45) is 0.515. The number of carbonyl (C=O) groups excluding carboxylic acids is 3. The number of benzene rings is 3. The molecular weight excluding hydrogens is 607 g/mol. The van der Waals surface area contributed by atoms with Gasteiger partial charge in [0.15, 0.2) is 12.1 Å². The third kappa shape index (κ3) is 4.52. The summed E-state index contributed by atoms with van der Waals surface area (Å²) < 4.78 is 0.939. The largest absolute Gasteiger partial charge is 0.271 e. The first-order valence-electron chi connectivity index (χ1n) is 12.0. The van der Waals surface area contributed by atoms with Gasteiger partial charge in [0.1, 0.15) is 6.54 Å². The zero-order valence-electron chi connectivity index (χ0n) is 20.1. The fraction of sp³-hybridized carbons (Fsp3) is 0.185. The molecule has 0 unspecified atom stereocenters. The van der Waals surface area contributed by atoms with Crippen LogP contribution in [0.2, 0.25) is 10.0 Å². The normalized spacial score (nSPS) is 22.1. The van der Waals surface area contributed by atoms with E-state index in [9.17, 15) is 14.4 Å². The second-order valence-corrected chi connectivity index (χ2v) is 10.9. The van der Waals surface area contributed by atoms with E-state index in [0.717, 1.165) is 26.2 Å². The number of anilines is 1. The van der Waals surface area contributed by atoms with Crippen molar-refractivity contribution in [2.75, 3.05) is 11.4 Å². The molecule has 0 saturated carbocycles. The Morgan fingerprint density at radius 1 is 0.923 bits per heavy atom. The van der Waals surface area contributed by atoms with Gasteiger partial charge in [-0.25, -0.2) is 9.91 Å². The molecule has 12 heteroatoms. The Kier molecular flexibility index (Phi) is 6.70. The fourth-order valence-corrected chi connectivity index (χ4v) is 5.81. The lowest BCUT2D eigenvalue weighted by Crippen LogP contribution is -2.44. The van der Waals surface area contributed by atoms with Crippen molar-refractivity contribution in [2.24, 2.45) is 15.4 Å². The summed E-state index contributed by atoms with van der Waals surface area (Å²) in [5.74, 6) is -1.58. The molecular formula is C27H19BrCl2N6O3. The number of hydrogen-bond donors (Lipinski definition) is 0. The van der Waals surface area contributed by atoms with Crippen LogP contribution in [0.4, 0.5) is 5.69 Å². The number of carbonyl (C=O) groups is 3. The van der Waals surface area contributed by atoms with E-state index in [0.29, 0.717) is 6.42 Å². The van der Waals surface area contributed by atoms with Gasteiger partial charge in [-0.05, 0) is 35.4 Å². The summed E-state index contributed by atoms with van der Waals surface area (Å²) in [7, 11) is 0. The van der Waals surface area contributed by atoms with Crippen LogP contribution in [0.3, 0.4) is 0 Å².